The summed E-state index contributed by atoms with van der Waals surface area (Å²) in [4.78, 5) is 12.8. The lowest BCUT2D eigenvalue weighted by Gasteiger charge is -2.32. The summed E-state index contributed by atoms with van der Waals surface area (Å²) in [5.74, 6) is -0.732. The van der Waals surface area contributed by atoms with Gasteiger partial charge < -0.3 is 9.52 Å². The van der Waals surface area contributed by atoms with Crippen LogP contribution in [-0.2, 0) is 4.79 Å². The molecule has 96 valence electrons. The largest absolute Gasteiger partial charge is 0.481 e. The number of rotatable bonds is 7. The van der Waals surface area contributed by atoms with E-state index in [9.17, 15) is 4.79 Å². The molecule has 0 amide bonds. The molecule has 0 spiro atoms. The lowest BCUT2D eigenvalue weighted by Crippen LogP contribution is -2.34. The quantitative estimate of drug-likeness (QED) is 0.794. The molecule has 1 rings (SSSR count). The molecule has 1 aromatic heterocycles. The van der Waals surface area contributed by atoms with E-state index in [2.05, 4.69) is 25.7 Å². The van der Waals surface area contributed by atoms with Gasteiger partial charge in [0, 0.05) is 24.1 Å². The number of carboxylic acids is 1. The highest BCUT2D eigenvalue weighted by Gasteiger charge is 2.19. The van der Waals surface area contributed by atoms with E-state index in [1.165, 1.54) is 0 Å². The first kappa shape index (κ1) is 13.8. The molecule has 1 atom stereocenters. The van der Waals surface area contributed by atoms with Gasteiger partial charge in [0.05, 0.1) is 12.5 Å². The van der Waals surface area contributed by atoms with Gasteiger partial charge in [0.1, 0.15) is 0 Å². The van der Waals surface area contributed by atoms with Crippen molar-refractivity contribution in [2.45, 2.75) is 45.7 Å². The van der Waals surface area contributed by atoms with Gasteiger partial charge in [-0.2, -0.15) is 0 Å². The van der Waals surface area contributed by atoms with Crippen LogP contribution in [-0.4, -0.2) is 28.6 Å². The maximum Gasteiger partial charge on any atom is 0.303 e. The summed E-state index contributed by atoms with van der Waals surface area (Å²) in [6.45, 7) is 7.15. The number of nitrogens with zero attached hydrogens (tertiary/aromatic N) is 1. The third-order valence-corrected chi connectivity index (χ3v) is 2.99. The highest BCUT2D eigenvalue weighted by atomic mass is 16.4. The molecule has 0 saturated heterocycles. The Morgan fingerprint density at radius 1 is 1.47 bits per heavy atom. The molecule has 17 heavy (non-hydrogen) atoms. The third-order valence-electron chi connectivity index (χ3n) is 2.99. The van der Waals surface area contributed by atoms with E-state index in [1.54, 1.807) is 12.5 Å². The summed E-state index contributed by atoms with van der Waals surface area (Å²) in [7, 11) is 0. The van der Waals surface area contributed by atoms with Gasteiger partial charge in [-0.1, -0.05) is 0 Å². The van der Waals surface area contributed by atoms with E-state index in [0.717, 1.165) is 12.1 Å². The molecule has 0 aliphatic carbocycles. The molecule has 1 heterocycles. The molecule has 1 aromatic rings. The predicted octanol–water partition coefficient (Wildman–Crippen LogP) is 2.92. The summed E-state index contributed by atoms with van der Waals surface area (Å²) < 4.78 is 5.09. The average Bonchev–Trinajstić information content (AvgIpc) is 2.75. The minimum atomic E-state index is -0.732. The number of carbonyl (C=O) groups is 1. The maximum atomic E-state index is 10.5. The second kappa shape index (κ2) is 6.45. The number of hydrogen-bond donors (Lipinski definition) is 1. The molecule has 4 heteroatoms. The summed E-state index contributed by atoms with van der Waals surface area (Å²) in [6.07, 6.45) is 4.32. The fourth-order valence-corrected chi connectivity index (χ4v) is 2.02. The van der Waals surface area contributed by atoms with Crippen molar-refractivity contribution in [1.82, 2.24) is 4.90 Å². The van der Waals surface area contributed by atoms with Gasteiger partial charge in [0.2, 0.25) is 0 Å². The SMILES string of the molecule is CC(C)N(CCCC(=O)O)C(C)c1ccoc1. The molecular formula is C13H21NO3. The highest BCUT2D eigenvalue weighted by molar-refractivity contribution is 5.66. The van der Waals surface area contributed by atoms with Crippen LogP contribution < -0.4 is 0 Å². The van der Waals surface area contributed by atoms with E-state index >= 15 is 0 Å². The molecule has 0 saturated carbocycles. The molecule has 0 aliphatic rings. The number of hydrogen-bond acceptors (Lipinski definition) is 3. The van der Waals surface area contributed by atoms with E-state index in [-0.39, 0.29) is 12.5 Å². The van der Waals surface area contributed by atoms with Gasteiger partial charge in [-0.15, -0.1) is 0 Å². The summed E-state index contributed by atoms with van der Waals surface area (Å²) >= 11 is 0. The van der Waals surface area contributed by atoms with Crippen LogP contribution in [0, 0.1) is 0 Å². The third kappa shape index (κ3) is 4.23. The van der Waals surface area contributed by atoms with Crippen LogP contribution in [0.4, 0.5) is 0 Å². The Hall–Kier alpha value is -1.29. The summed E-state index contributed by atoms with van der Waals surface area (Å²) in [6, 6.07) is 2.59. The molecule has 4 nitrogen and oxygen atoms in total. The molecule has 0 radical (unpaired) electrons. The number of aliphatic carboxylic acids is 1. The fraction of sp³-hybridized carbons (Fsp3) is 0.615. The molecule has 0 aromatic carbocycles. The fourth-order valence-electron chi connectivity index (χ4n) is 2.02. The summed E-state index contributed by atoms with van der Waals surface area (Å²) in [5.41, 5.74) is 1.13. The molecular weight excluding hydrogens is 218 g/mol. The van der Waals surface area contributed by atoms with Crippen LogP contribution in [0.2, 0.25) is 0 Å². The Bertz CT molecular complexity index is 332. The van der Waals surface area contributed by atoms with Gasteiger partial charge in [-0.05, 0) is 39.8 Å². The Labute approximate surface area is 102 Å². The Morgan fingerprint density at radius 3 is 2.65 bits per heavy atom. The van der Waals surface area contributed by atoms with Gasteiger partial charge in [0.25, 0.3) is 0 Å². The first-order valence-corrected chi connectivity index (χ1v) is 6.02. The van der Waals surface area contributed by atoms with Crippen LogP contribution >= 0.6 is 0 Å². The topological polar surface area (TPSA) is 53.7 Å². The molecule has 1 N–H and O–H groups in total. The zero-order valence-electron chi connectivity index (χ0n) is 10.7. The van der Waals surface area contributed by atoms with Crippen molar-refractivity contribution in [2.24, 2.45) is 0 Å². The van der Waals surface area contributed by atoms with Crippen molar-refractivity contribution in [3.8, 4) is 0 Å². The Kier molecular flexibility index (Phi) is 5.22. The molecule has 0 bridgehead atoms. The van der Waals surface area contributed by atoms with Gasteiger partial charge in [-0.25, -0.2) is 0 Å². The second-order valence-corrected chi connectivity index (χ2v) is 4.56. The average molecular weight is 239 g/mol. The van der Waals surface area contributed by atoms with Crippen LogP contribution in [0.5, 0.6) is 0 Å². The first-order chi connectivity index (χ1) is 8.02. The lowest BCUT2D eigenvalue weighted by atomic mass is 10.1. The predicted molar refractivity (Wildman–Crippen MR) is 65.8 cm³/mol. The second-order valence-electron chi connectivity index (χ2n) is 4.56. The van der Waals surface area contributed by atoms with Crippen molar-refractivity contribution in [3.63, 3.8) is 0 Å². The smallest absolute Gasteiger partial charge is 0.303 e. The zero-order chi connectivity index (χ0) is 12.8. The Balaban J connectivity index is 2.56. The molecule has 0 fully saturated rings. The van der Waals surface area contributed by atoms with E-state index < -0.39 is 5.97 Å². The van der Waals surface area contributed by atoms with Crippen molar-refractivity contribution in [1.29, 1.82) is 0 Å². The van der Waals surface area contributed by atoms with E-state index in [1.807, 2.05) is 6.07 Å². The number of furan rings is 1. The van der Waals surface area contributed by atoms with Crippen molar-refractivity contribution >= 4 is 5.97 Å². The normalized spacial score (nSPS) is 13.2. The number of carboxylic acid groups (broad SMARTS) is 1. The van der Waals surface area contributed by atoms with Crippen molar-refractivity contribution in [3.05, 3.63) is 24.2 Å². The zero-order valence-corrected chi connectivity index (χ0v) is 10.7. The lowest BCUT2D eigenvalue weighted by molar-refractivity contribution is -0.137. The van der Waals surface area contributed by atoms with E-state index in [0.29, 0.717) is 12.5 Å². The van der Waals surface area contributed by atoms with Gasteiger partial charge in [-0.3, -0.25) is 9.69 Å². The van der Waals surface area contributed by atoms with Crippen molar-refractivity contribution in [2.75, 3.05) is 6.54 Å². The van der Waals surface area contributed by atoms with Crippen LogP contribution in [0.25, 0.3) is 0 Å². The van der Waals surface area contributed by atoms with Gasteiger partial charge >= 0.3 is 5.97 Å². The standard InChI is InChI=1S/C13H21NO3/c1-10(2)14(7-4-5-13(15)16)11(3)12-6-8-17-9-12/h6,8-11H,4-5,7H2,1-3H3,(H,15,16). The molecule has 0 aliphatic heterocycles. The van der Waals surface area contributed by atoms with E-state index in [4.69, 9.17) is 9.52 Å². The monoisotopic (exact) mass is 239 g/mol. The van der Waals surface area contributed by atoms with Crippen molar-refractivity contribution < 1.29 is 14.3 Å². The maximum absolute atomic E-state index is 10.5. The van der Waals surface area contributed by atoms with Crippen LogP contribution in [0.3, 0.4) is 0 Å². The Morgan fingerprint density at radius 2 is 2.18 bits per heavy atom. The minimum Gasteiger partial charge on any atom is -0.481 e. The molecule has 1 unspecified atom stereocenters. The highest BCUT2D eigenvalue weighted by Crippen LogP contribution is 2.23. The summed E-state index contributed by atoms with van der Waals surface area (Å²) in [5, 5.41) is 8.65. The van der Waals surface area contributed by atoms with Gasteiger partial charge in [0.15, 0.2) is 0 Å². The minimum absolute atomic E-state index is 0.224. The van der Waals surface area contributed by atoms with Crippen LogP contribution in [0.1, 0.15) is 45.2 Å². The first-order valence-electron chi connectivity index (χ1n) is 6.02. The van der Waals surface area contributed by atoms with Crippen LogP contribution in [0.15, 0.2) is 23.0 Å².